The first-order valence-corrected chi connectivity index (χ1v) is 11.5. The van der Waals surface area contributed by atoms with Crippen LogP contribution in [0.5, 0.6) is 0 Å². The van der Waals surface area contributed by atoms with Crippen molar-refractivity contribution in [3.8, 4) is 12.3 Å². The molecule has 1 spiro atoms. The number of carbonyl (C=O) groups is 3. The van der Waals surface area contributed by atoms with Crippen molar-refractivity contribution < 1.29 is 14.4 Å². The van der Waals surface area contributed by atoms with Crippen molar-refractivity contribution in [1.29, 1.82) is 0 Å². The van der Waals surface area contributed by atoms with Gasteiger partial charge in [0.2, 0.25) is 5.91 Å². The Labute approximate surface area is 193 Å². The number of carbonyl (C=O) groups excluding carboxylic acids is 3. The van der Waals surface area contributed by atoms with Crippen LogP contribution in [-0.4, -0.2) is 28.8 Å². The van der Waals surface area contributed by atoms with Gasteiger partial charge in [-0.15, -0.1) is 6.42 Å². The Balaban J connectivity index is 1.40. The number of rotatable bonds is 6. The summed E-state index contributed by atoms with van der Waals surface area (Å²) in [4.78, 5) is 41.6. The maximum absolute atomic E-state index is 13.8. The van der Waals surface area contributed by atoms with E-state index in [1.807, 2.05) is 55.5 Å². The van der Waals surface area contributed by atoms with Crippen LogP contribution >= 0.6 is 0 Å². The van der Waals surface area contributed by atoms with Crippen molar-refractivity contribution in [1.82, 2.24) is 15.5 Å². The molecule has 1 heterocycles. The molecule has 2 N–H and O–H groups in total. The second kappa shape index (κ2) is 8.08. The molecule has 1 saturated carbocycles. The summed E-state index contributed by atoms with van der Waals surface area (Å²) in [5.74, 6) is 2.17. The second-order valence-electron chi connectivity index (χ2n) is 9.37. The molecule has 6 nitrogen and oxygen atoms in total. The first-order chi connectivity index (χ1) is 15.9. The molecule has 1 saturated heterocycles. The first kappa shape index (κ1) is 21.3. The number of terminal acetylenes is 1. The fourth-order valence-electron chi connectivity index (χ4n) is 5.29. The highest BCUT2D eigenvalue weighted by Crippen LogP contribution is 2.45. The van der Waals surface area contributed by atoms with Gasteiger partial charge in [0.15, 0.2) is 0 Å². The summed E-state index contributed by atoms with van der Waals surface area (Å²) in [6, 6.07) is 13.8. The average Bonchev–Trinajstić information content (AvgIpc) is 3.58. The van der Waals surface area contributed by atoms with Crippen LogP contribution in [-0.2, 0) is 28.1 Å². The average molecular weight is 442 g/mol. The van der Waals surface area contributed by atoms with Crippen LogP contribution < -0.4 is 10.6 Å². The van der Waals surface area contributed by atoms with E-state index in [4.69, 9.17) is 6.42 Å². The van der Waals surface area contributed by atoms with E-state index in [0.717, 1.165) is 41.5 Å². The van der Waals surface area contributed by atoms with Crippen LogP contribution in [0.4, 0.5) is 4.79 Å². The van der Waals surface area contributed by atoms with E-state index < -0.39 is 17.6 Å². The number of urea groups is 1. The van der Waals surface area contributed by atoms with Crippen LogP contribution in [0.1, 0.15) is 48.4 Å². The zero-order valence-corrected chi connectivity index (χ0v) is 18.6. The van der Waals surface area contributed by atoms with Crippen LogP contribution in [0.15, 0.2) is 48.5 Å². The summed E-state index contributed by atoms with van der Waals surface area (Å²) in [6.45, 7) is 2.27. The number of nitrogens with zero attached hydrogens (tertiary/aromatic N) is 1. The Morgan fingerprint density at radius 1 is 1.21 bits per heavy atom. The minimum atomic E-state index is -1.07. The third-order valence-electron chi connectivity index (χ3n) is 7.37. The van der Waals surface area contributed by atoms with E-state index in [1.165, 1.54) is 4.90 Å². The van der Waals surface area contributed by atoms with Gasteiger partial charge >= 0.3 is 6.03 Å². The van der Waals surface area contributed by atoms with Crippen molar-refractivity contribution in [3.63, 3.8) is 0 Å². The van der Waals surface area contributed by atoms with Crippen LogP contribution in [0, 0.1) is 24.2 Å². The van der Waals surface area contributed by atoms with Crippen LogP contribution in [0.2, 0.25) is 0 Å². The summed E-state index contributed by atoms with van der Waals surface area (Å²) in [7, 11) is 0. The van der Waals surface area contributed by atoms with Gasteiger partial charge in [-0.1, -0.05) is 49.2 Å². The minimum Gasteiger partial charge on any atom is -0.350 e. The van der Waals surface area contributed by atoms with Crippen molar-refractivity contribution in [2.75, 3.05) is 0 Å². The largest absolute Gasteiger partial charge is 0.350 e. The molecule has 2 aromatic carbocycles. The summed E-state index contributed by atoms with van der Waals surface area (Å²) >= 11 is 0. The van der Waals surface area contributed by atoms with Crippen molar-refractivity contribution in [2.45, 2.75) is 50.7 Å². The zero-order valence-electron chi connectivity index (χ0n) is 18.6. The molecule has 4 amide bonds. The van der Waals surface area contributed by atoms with E-state index in [0.29, 0.717) is 18.9 Å². The fraction of sp³-hybridized carbons (Fsp3) is 0.370. The van der Waals surface area contributed by atoms with Gasteiger partial charge < -0.3 is 10.6 Å². The molecule has 2 aromatic rings. The van der Waals surface area contributed by atoms with E-state index in [2.05, 4.69) is 16.6 Å². The molecule has 0 bridgehead atoms. The molecule has 168 valence electrons. The summed E-state index contributed by atoms with van der Waals surface area (Å²) in [6.07, 6.45) is 8.67. The van der Waals surface area contributed by atoms with Crippen molar-refractivity contribution in [2.24, 2.45) is 11.8 Å². The number of benzene rings is 2. The van der Waals surface area contributed by atoms with E-state index >= 15 is 0 Å². The summed E-state index contributed by atoms with van der Waals surface area (Å²) in [5.41, 5.74) is 2.52. The number of amides is 4. The van der Waals surface area contributed by atoms with Gasteiger partial charge in [0.25, 0.3) is 5.91 Å². The predicted octanol–water partition coefficient (Wildman–Crippen LogP) is 3.09. The Morgan fingerprint density at radius 2 is 1.94 bits per heavy atom. The number of aryl methyl sites for hydroxylation is 1. The number of hydrogen-bond donors (Lipinski definition) is 2. The van der Waals surface area contributed by atoms with Gasteiger partial charge in [-0.3, -0.25) is 9.59 Å². The summed E-state index contributed by atoms with van der Waals surface area (Å²) < 4.78 is 0. The molecule has 0 radical (unpaired) electrons. The van der Waals surface area contributed by atoms with Gasteiger partial charge in [0.1, 0.15) is 11.6 Å². The predicted molar refractivity (Wildman–Crippen MR) is 124 cm³/mol. The zero-order chi connectivity index (χ0) is 23.2. The molecule has 5 rings (SSSR count). The highest BCUT2D eigenvalue weighted by molar-refractivity contribution is 6.10. The monoisotopic (exact) mass is 441 g/mol. The fourth-order valence-corrected chi connectivity index (χ4v) is 5.29. The lowest BCUT2D eigenvalue weighted by Gasteiger charge is -2.31. The smallest absolute Gasteiger partial charge is 0.326 e. The van der Waals surface area contributed by atoms with Crippen LogP contribution in [0.3, 0.4) is 0 Å². The van der Waals surface area contributed by atoms with Crippen molar-refractivity contribution >= 4 is 17.8 Å². The maximum atomic E-state index is 13.8. The topological polar surface area (TPSA) is 78.5 Å². The lowest BCUT2D eigenvalue weighted by atomic mass is 9.89. The highest BCUT2D eigenvalue weighted by Gasteiger charge is 2.59. The van der Waals surface area contributed by atoms with E-state index in [1.54, 1.807) is 0 Å². The van der Waals surface area contributed by atoms with Gasteiger partial charge in [-0.05, 0) is 66.3 Å². The van der Waals surface area contributed by atoms with Crippen molar-refractivity contribution in [3.05, 3.63) is 70.8 Å². The number of fused-ring (bicyclic) bond motifs is 2. The van der Waals surface area contributed by atoms with Gasteiger partial charge in [-0.25, -0.2) is 9.69 Å². The molecule has 1 unspecified atom stereocenters. The molecule has 3 aliphatic rings. The number of nitrogens with one attached hydrogen (secondary N) is 2. The van der Waals surface area contributed by atoms with Crippen LogP contribution in [0.25, 0.3) is 0 Å². The van der Waals surface area contributed by atoms with Gasteiger partial charge in [0, 0.05) is 12.1 Å². The normalized spacial score (nSPS) is 23.1. The Morgan fingerprint density at radius 3 is 2.64 bits per heavy atom. The lowest BCUT2D eigenvalue weighted by molar-refractivity contribution is -0.140. The standard InChI is InChI=1S/C27H27N3O3/c1-3-18-8-10-19(11-9-18)16-28-24(31)23(17(2)20-12-13-20)30-25(32)27(29-26(30)33)15-14-21-6-4-5-7-22(21)27/h1,4-11,17,20,23H,12-16H2,2H3,(H,28,31)(H,29,33)/t17-,23?,27-/m0/s1. The molecule has 2 aliphatic carbocycles. The molecule has 2 fully saturated rings. The second-order valence-corrected chi connectivity index (χ2v) is 9.37. The maximum Gasteiger partial charge on any atom is 0.326 e. The van der Waals surface area contributed by atoms with Gasteiger partial charge in [0.05, 0.1) is 0 Å². The minimum absolute atomic E-state index is 0.115. The third kappa shape index (κ3) is 3.58. The van der Waals surface area contributed by atoms with Gasteiger partial charge in [-0.2, -0.15) is 0 Å². The molecule has 1 aliphatic heterocycles. The van der Waals surface area contributed by atoms with E-state index in [-0.39, 0.29) is 17.7 Å². The Hall–Kier alpha value is -3.59. The molecular formula is C27H27N3O3. The SMILES string of the molecule is C#Cc1ccc(CNC(=O)C([C@@H](C)C2CC2)N2C(=O)N[C@]3(CCc4ccccc43)C2=O)cc1. The number of imide groups is 1. The molecular weight excluding hydrogens is 414 g/mol. The highest BCUT2D eigenvalue weighted by atomic mass is 16.2. The molecule has 33 heavy (non-hydrogen) atoms. The summed E-state index contributed by atoms with van der Waals surface area (Å²) in [5, 5.41) is 5.91. The third-order valence-corrected chi connectivity index (χ3v) is 7.37. The molecule has 6 heteroatoms. The Bertz CT molecular complexity index is 1160. The number of hydrogen-bond acceptors (Lipinski definition) is 3. The quantitative estimate of drug-likeness (QED) is 0.534. The molecule has 0 aromatic heterocycles. The Kier molecular flexibility index (Phi) is 5.20. The first-order valence-electron chi connectivity index (χ1n) is 11.5. The lowest BCUT2D eigenvalue weighted by Crippen LogP contribution is -2.54. The molecule has 3 atom stereocenters. The van der Waals surface area contributed by atoms with E-state index in [9.17, 15) is 14.4 Å².